The molecule has 0 bridgehead atoms. The number of carbonyl (C=O) groups is 3. The van der Waals surface area contributed by atoms with E-state index in [0.717, 1.165) is 25.7 Å². The van der Waals surface area contributed by atoms with E-state index in [1.165, 1.54) is 0 Å². The number of nitrogens with one attached hydrogen (secondary N) is 1. The van der Waals surface area contributed by atoms with Gasteiger partial charge in [-0.25, -0.2) is 0 Å². The summed E-state index contributed by atoms with van der Waals surface area (Å²) in [4.78, 5) is 37.8. The lowest BCUT2D eigenvalue weighted by Crippen LogP contribution is -2.39. The van der Waals surface area contributed by atoms with Crippen LogP contribution in [0.4, 0.5) is 0 Å². The molecule has 2 amide bonds. The number of ether oxygens (including phenoxy) is 2. The van der Waals surface area contributed by atoms with Gasteiger partial charge < -0.3 is 19.7 Å². The number of amides is 2. The van der Waals surface area contributed by atoms with Crippen molar-refractivity contribution in [3.05, 3.63) is 0 Å². The Bertz CT molecular complexity index is 534. The Labute approximate surface area is 183 Å². The minimum absolute atomic E-state index is 0. The van der Waals surface area contributed by atoms with Crippen LogP contribution >= 0.6 is 0 Å². The molecule has 7 nitrogen and oxygen atoms in total. The van der Waals surface area contributed by atoms with E-state index in [2.05, 4.69) is 5.32 Å². The molecular weight excluding hydrogens is 384 g/mol. The molecule has 0 radical (unpaired) electrons. The Morgan fingerprint density at radius 1 is 0.967 bits per heavy atom. The van der Waals surface area contributed by atoms with Gasteiger partial charge in [0.1, 0.15) is 5.78 Å². The van der Waals surface area contributed by atoms with Crippen LogP contribution in [0.15, 0.2) is 0 Å². The SMILES string of the molecule is CCC(=O)N(CCOCCOCCC(=O)NC1CCC(C(=O)C(C)C)CC1)C(C)C.[HH]. The van der Waals surface area contributed by atoms with Crippen LogP contribution in [0.25, 0.3) is 0 Å². The first kappa shape index (κ1) is 26.6. The molecule has 176 valence electrons. The molecule has 1 N–H and O–H groups in total. The number of carbonyl (C=O) groups excluding carboxylic acids is 3. The highest BCUT2D eigenvalue weighted by Gasteiger charge is 2.28. The van der Waals surface area contributed by atoms with Crippen molar-refractivity contribution in [2.24, 2.45) is 11.8 Å². The Balaban J connectivity index is 0.00000900. The van der Waals surface area contributed by atoms with Crippen LogP contribution < -0.4 is 5.32 Å². The third kappa shape index (κ3) is 10.0. The first-order valence-electron chi connectivity index (χ1n) is 11.5. The van der Waals surface area contributed by atoms with Gasteiger partial charge in [0.15, 0.2) is 0 Å². The normalized spacial score (nSPS) is 19.2. The van der Waals surface area contributed by atoms with Crippen LogP contribution in [-0.2, 0) is 23.9 Å². The van der Waals surface area contributed by atoms with Crippen molar-refractivity contribution >= 4 is 17.6 Å². The molecule has 1 saturated carbocycles. The minimum atomic E-state index is 0. The summed E-state index contributed by atoms with van der Waals surface area (Å²) in [6.45, 7) is 12.1. The standard InChI is InChI=1S/C23H42N2O5.H2/c1-6-22(27)25(18(4)5)12-14-30-16-15-29-13-11-21(26)24-20-9-7-19(8-10-20)23(28)17(2)3;/h17-20H,6-16H2,1-5H3,(H,24,26);1H. The Kier molecular flexibility index (Phi) is 12.9. The molecule has 1 rings (SSSR count). The molecule has 1 aliphatic rings. The fourth-order valence-corrected chi connectivity index (χ4v) is 3.82. The molecule has 0 aromatic rings. The van der Waals surface area contributed by atoms with Crippen molar-refractivity contribution in [3.8, 4) is 0 Å². The van der Waals surface area contributed by atoms with Crippen LogP contribution in [0.3, 0.4) is 0 Å². The average Bonchev–Trinajstić information content (AvgIpc) is 2.71. The fraction of sp³-hybridized carbons (Fsp3) is 0.870. The highest BCUT2D eigenvalue weighted by molar-refractivity contribution is 5.83. The largest absolute Gasteiger partial charge is 0.379 e. The molecule has 0 spiro atoms. The number of hydrogen-bond acceptors (Lipinski definition) is 5. The molecule has 1 aliphatic carbocycles. The van der Waals surface area contributed by atoms with E-state index in [4.69, 9.17) is 9.47 Å². The van der Waals surface area contributed by atoms with Gasteiger partial charge in [-0.05, 0) is 39.5 Å². The van der Waals surface area contributed by atoms with E-state index >= 15 is 0 Å². The van der Waals surface area contributed by atoms with Gasteiger partial charge in [0.2, 0.25) is 11.8 Å². The number of rotatable bonds is 14. The lowest BCUT2D eigenvalue weighted by Gasteiger charge is -2.29. The number of hydrogen-bond donors (Lipinski definition) is 1. The zero-order valence-electron chi connectivity index (χ0n) is 19.6. The molecule has 0 heterocycles. The Hall–Kier alpha value is -1.47. The van der Waals surface area contributed by atoms with Crippen molar-refractivity contribution < 1.29 is 25.3 Å². The molecule has 0 aromatic carbocycles. The predicted octanol–water partition coefficient (Wildman–Crippen LogP) is 3.20. The number of ketones is 1. The third-order valence-electron chi connectivity index (χ3n) is 5.63. The van der Waals surface area contributed by atoms with Gasteiger partial charge >= 0.3 is 0 Å². The summed E-state index contributed by atoms with van der Waals surface area (Å²) in [6, 6.07) is 0.341. The molecule has 1 fully saturated rings. The second-order valence-corrected chi connectivity index (χ2v) is 8.68. The highest BCUT2D eigenvalue weighted by Crippen LogP contribution is 2.27. The van der Waals surface area contributed by atoms with E-state index < -0.39 is 0 Å². The van der Waals surface area contributed by atoms with Crippen molar-refractivity contribution in [1.82, 2.24) is 10.2 Å². The van der Waals surface area contributed by atoms with Crippen LogP contribution in [-0.4, -0.2) is 67.6 Å². The van der Waals surface area contributed by atoms with Gasteiger partial charge in [0.25, 0.3) is 0 Å². The summed E-state index contributed by atoms with van der Waals surface area (Å²) in [5.74, 6) is 0.741. The second-order valence-electron chi connectivity index (χ2n) is 8.68. The molecule has 0 aliphatic heterocycles. The fourth-order valence-electron chi connectivity index (χ4n) is 3.82. The van der Waals surface area contributed by atoms with Gasteiger partial charge in [-0.3, -0.25) is 14.4 Å². The summed E-state index contributed by atoms with van der Waals surface area (Å²) < 4.78 is 11.0. The molecule has 0 atom stereocenters. The van der Waals surface area contributed by atoms with Crippen LogP contribution in [0.2, 0.25) is 0 Å². The van der Waals surface area contributed by atoms with Crippen molar-refractivity contribution in [2.75, 3.05) is 33.0 Å². The van der Waals surface area contributed by atoms with Gasteiger partial charge in [0, 0.05) is 44.7 Å². The van der Waals surface area contributed by atoms with Gasteiger partial charge in [-0.15, -0.1) is 0 Å². The number of nitrogens with zero attached hydrogens (tertiary/aromatic N) is 1. The van der Waals surface area contributed by atoms with Crippen LogP contribution in [0.5, 0.6) is 0 Å². The Morgan fingerprint density at radius 3 is 2.10 bits per heavy atom. The molecule has 7 heteroatoms. The summed E-state index contributed by atoms with van der Waals surface area (Å²) >= 11 is 0. The van der Waals surface area contributed by atoms with Crippen LogP contribution in [0.1, 0.15) is 74.6 Å². The van der Waals surface area contributed by atoms with E-state index in [1.807, 2.05) is 39.5 Å². The minimum Gasteiger partial charge on any atom is -0.379 e. The quantitative estimate of drug-likeness (QED) is 0.430. The first-order chi connectivity index (χ1) is 14.3. The molecule has 0 saturated heterocycles. The zero-order valence-corrected chi connectivity index (χ0v) is 19.6. The first-order valence-corrected chi connectivity index (χ1v) is 11.5. The maximum absolute atomic E-state index is 12.1. The number of Topliss-reactive ketones (excluding diaryl/α,β-unsaturated/α-hetero) is 1. The summed E-state index contributed by atoms with van der Waals surface area (Å²) in [5, 5.41) is 3.06. The third-order valence-corrected chi connectivity index (χ3v) is 5.63. The van der Waals surface area contributed by atoms with E-state index in [1.54, 1.807) is 0 Å². The zero-order chi connectivity index (χ0) is 22.5. The van der Waals surface area contributed by atoms with Crippen LogP contribution in [0, 0.1) is 11.8 Å². The van der Waals surface area contributed by atoms with Gasteiger partial charge in [0.05, 0.1) is 26.4 Å². The highest BCUT2D eigenvalue weighted by atomic mass is 16.5. The maximum Gasteiger partial charge on any atom is 0.222 e. The molecular formula is C23H44N2O5. The molecule has 30 heavy (non-hydrogen) atoms. The molecule has 0 unspecified atom stereocenters. The monoisotopic (exact) mass is 428 g/mol. The average molecular weight is 429 g/mol. The lowest BCUT2D eigenvalue weighted by molar-refractivity contribution is -0.133. The Morgan fingerprint density at radius 2 is 1.57 bits per heavy atom. The summed E-state index contributed by atoms with van der Waals surface area (Å²) in [7, 11) is 0. The van der Waals surface area contributed by atoms with E-state index in [-0.39, 0.29) is 37.2 Å². The predicted molar refractivity (Wildman–Crippen MR) is 119 cm³/mol. The topological polar surface area (TPSA) is 84.9 Å². The van der Waals surface area contributed by atoms with E-state index in [0.29, 0.717) is 51.6 Å². The van der Waals surface area contributed by atoms with Crippen molar-refractivity contribution in [2.45, 2.75) is 85.2 Å². The molecule has 0 aromatic heterocycles. The van der Waals surface area contributed by atoms with Gasteiger partial charge in [-0.2, -0.15) is 0 Å². The smallest absolute Gasteiger partial charge is 0.222 e. The lowest BCUT2D eigenvalue weighted by atomic mass is 9.80. The summed E-state index contributed by atoms with van der Waals surface area (Å²) in [5.41, 5.74) is 0. The van der Waals surface area contributed by atoms with Crippen molar-refractivity contribution in [3.63, 3.8) is 0 Å². The second kappa shape index (κ2) is 14.5. The van der Waals surface area contributed by atoms with Gasteiger partial charge in [-0.1, -0.05) is 20.8 Å². The summed E-state index contributed by atoms with van der Waals surface area (Å²) in [6.07, 6.45) is 4.31. The maximum atomic E-state index is 12.1. The van der Waals surface area contributed by atoms with Crippen molar-refractivity contribution in [1.29, 1.82) is 0 Å². The van der Waals surface area contributed by atoms with E-state index in [9.17, 15) is 14.4 Å².